The van der Waals surface area contributed by atoms with Crippen molar-refractivity contribution < 1.29 is 19.7 Å². The largest absolute Gasteiger partial charge is 0.394 e. The summed E-state index contributed by atoms with van der Waals surface area (Å²) in [7, 11) is 0. The fraction of sp³-hybridized carbons (Fsp3) is 0.538. The predicted molar refractivity (Wildman–Crippen MR) is 81.7 cm³/mol. The molecule has 0 bridgehead atoms. The summed E-state index contributed by atoms with van der Waals surface area (Å²) in [6.45, 7) is 1.01. The number of nitrogens with zero attached hydrogens (tertiary/aromatic N) is 3. The van der Waals surface area contributed by atoms with Gasteiger partial charge in [0.15, 0.2) is 16.9 Å². The zero-order valence-electron chi connectivity index (χ0n) is 12.8. The van der Waals surface area contributed by atoms with Crippen LogP contribution in [0.15, 0.2) is 11.1 Å². The third-order valence-electron chi connectivity index (χ3n) is 4.05. The summed E-state index contributed by atoms with van der Waals surface area (Å²) in [5.41, 5.74) is 10.8. The first-order chi connectivity index (χ1) is 11.3. The highest BCUT2D eigenvalue weighted by molar-refractivity contribution is 5.87. The average Bonchev–Trinajstić information content (AvgIpc) is 3.07. The fourth-order valence-electron chi connectivity index (χ4n) is 2.88. The van der Waals surface area contributed by atoms with Gasteiger partial charge in [0.1, 0.15) is 12.3 Å². The Bertz CT molecular complexity index is 830. The van der Waals surface area contributed by atoms with Gasteiger partial charge >= 0.3 is 0 Å². The van der Waals surface area contributed by atoms with Crippen LogP contribution in [-0.4, -0.2) is 60.4 Å². The summed E-state index contributed by atoms with van der Waals surface area (Å²) in [5, 5.41) is 19.7. The number of carbonyl (C=O) groups excluding carboxylic acids is 1. The molecule has 3 rings (SSSR count). The normalized spacial score (nSPS) is 28.3. The summed E-state index contributed by atoms with van der Waals surface area (Å²) in [6.07, 6.45) is -1.98. The molecule has 5 atom stereocenters. The zero-order chi connectivity index (χ0) is 17.6. The molecule has 0 amide bonds. The summed E-state index contributed by atoms with van der Waals surface area (Å²) in [4.78, 5) is 34.5. The number of nitrogen functional groups attached to an aromatic ring is 1. The van der Waals surface area contributed by atoms with Crippen LogP contribution in [0.3, 0.4) is 0 Å². The summed E-state index contributed by atoms with van der Waals surface area (Å²) >= 11 is 0. The molecule has 0 spiro atoms. The molecule has 2 unspecified atom stereocenters. The number of carbonyl (C=O) groups is 1. The number of ketones is 1. The Kier molecular flexibility index (Phi) is 4.09. The third kappa shape index (κ3) is 2.47. The molecule has 3 heterocycles. The quantitative estimate of drug-likeness (QED) is 0.401. The van der Waals surface area contributed by atoms with E-state index in [-0.39, 0.29) is 17.1 Å². The van der Waals surface area contributed by atoms with Gasteiger partial charge < -0.3 is 26.4 Å². The van der Waals surface area contributed by atoms with Crippen LogP contribution in [0.1, 0.15) is 13.2 Å². The van der Waals surface area contributed by atoms with Crippen molar-refractivity contribution >= 4 is 22.9 Å². The Morgan fingerprint density at radius 3 is 2.92 bits per heavy atom. The summed E-state index contributed by atoms with van der Waals surface area (Å²) in [5.74, 6) is -1.61. The number of hydrogen-bond donors (Lipinski definition) is 5. The molecule has 11 heteroatoms. The van der Waals surface area contributed by atoms with E-state index in [0.29, 0.717) is 0 Å². The van der Waals surface area contributed by atoms with Gasteiger partial charge in [-0.15, -0.1) is 0 Å². The van der Waals surface area contributed by atoms with Crippen LogP contribution in [-0.2, 0) is 9.53 Å². The van der Waals surface area contributed by atoms with E-state index in [0.717, 1.165) is 0 Å². The van der Waals surface area contributed by atoms with Crippen molar-refractivity contribution in [3.8, 4) is 0 Å². The second kappa shape index (κ2) is 5.94. The number of aromatic nitrogens is 4. The van der Waals surface area contributed by atoms with Crippen LogP contribution < -0.4 is 17.0 Å². The van der Waals surface area contributed by atoms with Crippen LogP contribution in [0.25, 0.3) is 11.2 Å². The van der Waals surface area contributed by atoms with Crippen molar-refractivity contribution in [1.82, 2.24) is 19.5 Å². The van der Waals surface area contributed by atoms with Crippen LogP contribution in [0.4, 0.5) is 5.95 Å². The van der Waals surface area contributed by atoms with Crippen molar-refractivity contribution in [2.75, 3.05) is 12.3 Å². The van der Waals surface area contributed by atoms with E-state index in [4.69, 9.17) is 16.2 Å². The lowest BCUT2D eigenvalue weighted by atomic mass is 9.91. The Hall–Kier alpha value is -2.34. The molecule has 0 saturated carbocycles. The molecule has 1 aliphatic rings. The van der Waals surface area contributed by atoms with Gasteiger partial charge in [-0.05, 0) is 6.92 Å². The topological polar surface area (TPSA) is 182 Å². The molecule has 1 fully saturated rings. The standard InChI is InChI=1S/C13H18N6O5/c1-4(14)8(21)6-9(22)5(2-20)24-12(6)19-3-16-7-10(19)17-13(15)18-11(7)23/h3-6,9,12,20,22H,2,14H2,1H3,(H3,15,17,18,23)/t4-,5+,6?,9?,12+/m0/s1. The highest BCUT2D eigenvalue weighted by Crippen LogP contribution is 2.37. The van der Waals surface area contributed by atoms with Gasteiger partial charge in [0, 0.05) is 0 Å². The van der Waals surface area contributed by atoms with Crippen LogP contribution >= 0.6 is 0 Å². The molecule has 7 N–H and O–H groups in total. The molecule has 0 aromatic carbocycles. The lowest BCUT2D eigenvalue weighted by Crippen LogP contribution is -2.41. The van der Waals surface area contributed by atoms with E-state index in [1.165, 1.54) is 17.8 Å². The maximum Gasteiger partial charge on any atom is 0.280 e. The van der Waals surface area contributed by atoms with E-state index < -0.39 is 48.3 Å². The minimum Gasteiger partial charge on any atom is -0.394 e. The fourth-order valence-corrected chi connectivity index (χ4v) is 2.88. The van der Waals surface area contributed by atoms with Gasteiger partial charge in [-0.3, -0.25) is 19.1 Å². The number of nitrogens with two attached hydrogens (primary N) is 2. The molecule has 24 heavy (non-hydrogen) atoms. The molecule has 130 valence electrons. The minimum absolute atomic E-state index is 0.0155. The van der Waals surface area contributed by atoms with Crippen LogP contribution in [0.5, 0.6) is 0 Å². The predicted octanol–water partition coefficient (Wildman–Crippen LogP) is -2.52. The third-order valence-corrected chi connectivity index (χ3v) is 4.05. The minimum atomic E-state index is -1.25. The molecule has 1 saturated heterocycles. The highest BCUT2D eigenvalue weighted by atomic mass is 16.5. The van der Waals surface area contributed by atoms with Crippen molar-refractivity contribution in [1.29, 1.82) is 0 Å². The molecule has 2 aromatic heterocycles. The van der Waals surface area contributed by atoms with Gasteiger partial charge in [-0.1, -0.05) is 0 Å². The van der Waals surface area contributed by atoms with Gasteiger partial charge in [-0.2, -0.15) is 4.98 Å². The zero-order valence-corrected chi connectivity index (χ0v) is 12.8. The lowest BCUT2D eigenvalue weighted by molar-refractivity contribution is -0.129. The molecule has 0 aliphatic carbocycles. The first-order valence-electron chi connectivity index (χ1n) is 7.31. The smallest absolute Gasteiger partial charge is 0.280 e. The SMILES string of the molecule is C[C@H](N)C(=O)C1C(O)[C@@H](CO)O[C@H]1n1cnc2c(=O)[nH]c(N)nc21. The van der Waals surface area contributed by atoms with Crippen molar-refractivity contribution in [3.05, 3.63) is 16.7 Å². The number of ether oxygens (including phenoxy) is 1. The Morgan fingerprint density at radius 1 is 1.58 bits per heavy atom. The van der Waals surface area contributed by atoms with E-state index in [1.807, 2.05) is 0 Å². The van der Waals surface area contributed by atoms with Crippen LogP contribution in [0, 0.1) is 5.92 Å². The van der Waals surface area contributed by atoms with Crippen molar-refractivity contribution in [2.45, 2.75) is 31.4 Å². The maximum atomic E-state index is 12.4. The number of hydrogen-bond acceptors (Lipinski definition) is 9. The second-order valence-electron chi connectivity index (χ2n) is 5.73. The highest BCUT2D eigenvalue weighted by Gasteiger charge is 2.49. The number of rotatable bonds is 4. The Labute approximate surface area is 135 Å². The molecular formula is C13H18N6O5. The summed E-state index contributed by atoms with van der Waals surface area (Å²) < 4.78 is 6.93. The Morgan fingerprint density at radius 2 is 2.29 bits per heavy atom. The number of aromatic amines is 1. The van der Waals surface area contributed by atoms with Crippen LogP contribution in [0.2, 0.25) is 0 Å². The monoisotopic (exact) mass is 338 g/mol. The molecular weight excluding hydrogens is 320 g/mol. The number of H-pyrrole nitrogens is 1. The Balaban J connectivity index is 2.12. The van der Waals surface area contributed by atoms with E-state index in [2.05, 4.69) is 15.0 Å². The number of anilines is 1. The molecule has 0 radical (unpaired) electrons. The number of aliphatic hydroxyl groups excluding tert-OH is 2. The number of fused-ring (bicyclic) bond motifs is 1. The number of Topliss-reactive ketones (excluding diaryl/α,β-unsaturated/α-hetero) is 1. The first kappa shape index (κ1) is 16.5. The first-order valence-corrected chi connectivity index (χ1v) is 7.31. The molecule has 1 aliphatic heterocycles. The number of aliphatic hydroxyl groups is 2. The molecule has 11 nitrogen and oxygen atoms in total. The number of imidazole rings is 1. The van der Waals surface area contributed by atoms with E-state index in [1.54, 1.807) is 0 Å². The van der Waals surface area contributed by atoms with Gasteiger partial charge in [0.25, 0.3) is 5.56 Å². The van der Waals surface area contributed by atoms with E-state index >= 15 is 0 Å². The average molecular weight is 338 g/mol. The van der Waals surface area contributed by atoms with E-state index in [9.17, 15) is 19.8 Å². The number of nitrogens with one attached hydrogen (secondary N) is 1. The second-order valence-corrected chi connectivity index (χ2v) is 5.73. The lowest BCUT2D eigenvalue weighted by Gasteiger charge is -2.22. The van der Waals surface area contributed by atoms with Gasteiger partial charge in [-0.25, -0.2) is 4.98 Å². The van der Waals surface area contributed by atoms with Gasteiger partial charge in [0.2, 0.25) is 5.95 Å². The summed E-state index contributed by atoms with van der Waals surface area (Å²) in [6, 6.07) is -0.843. The maximum absolute atomic E-state index is 12.4. The molecule has 2 aromatic rings. The van der Waals surface area contributed by atoms with Crippen molar-refractivity contribution in [3.63, 3.8) is 0 Å². The van der Waals surface area contributed by atoms with Crippen molar-refractivity contribution in [2.24, 2.45) is 11.7 Å². The van der Waals surface area contributed by atoms with Gasteiger partial charge in [0.05, 0.1) is 31.0 Å².